The van der Waals surface area contributed by atoms with E-state index in [4.69, 9.17) is 4.74 Å². The van der Waals surface area contributed by atoms with Crippen LogP contribution in [0.25, 0.3) is 0 Å². The average molecular weight is 154 g/mol. The first-order valence-corrected chi connectivity index (χ1v) is 4.30. The van der Waals surface area contributed by atoms with Crippen molar-refractivity contribution < 1.29 is 9.53 Å². The lowest BCUT2D eigenvalue weighted by Crippen LogP contribution is -2.59. The van der Waals surface area contributed by atoms with Crippen molar-refractivity contribution in [2.45, 2.75) is 39.2 Å². The molecule has 0 radical (unpaired) electrons. The van der Waals surface area contributed by atoms with Crippen molar-refractivity contribution >= 4 is 5.97 Å². The maximum absolute atomic E-state index is 10.6. The second-order valence-corrected chi connectivity index (χ2v) is 4.08. The second kappa shape index (κ2) is 1.99. The summed E-state index contributed by atoms with van der Waals surface area (Å²) in [4.78, 5) is 10.6. The zero-order valence-electron chi connectivity index (χ0n) is 7.09. The highest BCUT2D eigenvalue weighted by Gasteiger charge is 2.59. The first-order chi connectivity index (χ1) is 5.13. The number of carbonyl (C=O) groups is 1. The minimum absolute atomic E-state index is 0.124. The number of carbonyl (C=O) groups excluding carboxylic acids is 1. The van der Waals surface area contributed by atoms with Crippen LogP contribution in [0.1, 0.15) is 33.1 Å². The molecule has 62 valence electrons. The molecule has 2 rings (SSSR count). The molecule has 0 heterocycles. The molecular formula is C9H14O2. The van der Waals surface area contributed by atoms with E-state index in [9.17, 15) is 4.79 Å². The third-order valence-corrected chi connectivity index (χ3v) is 3.51. The van der Waals surface area contributed by atoms with Gasteiger partial charge in [0.1, 0.15) is 6.10 Å². The van der Waals surface area contributed by atoms with Crippen LogP contribution in [-0.4, -0.2) is 12.1 Å². The van der Waals surface area contributed by atoms with Gasteiger partial charge in [-0.3, -0.25) is 4.79 Å². The predicted molar refractivity (Wildman–Crippen MR) is 41.0 cm³/mol. The van der Waals surface area contributed by atoms with Crippen molar-refractivity contribution in [2.24, 2.45) is 11.3 Å². The molecule has 0 N–H and O–H groups in total. The van der Waals surface area contributed by atoms with Gasteiger partial charge >= 0.3 is 5.97 Å². The van der Waals surface area contributed by atoms with Gasteiger partial charge in [0.05, 0.1) is 0 Å². The fourth-order valence-corrected chi connectivity index (χ4v) is 2.36. The lowest BCUT2D eigenvalue weighted by molar-refractivity contribution is -0.206. The van der Waals surface area contributed by atoms with E-state index in [1.807, 2.05) is 0 Å². The molecule has 0 bridgehead atoms. The molecule has 2 saturated carbocycles. The highest BCUT2D eigenvalue weighted by atomic mass is 16.5. The Hall–Kier alpha value is -0.530. The summed E-state index contributed by atoms with van der Waals surface area (Å²) in [5, 5.41) is 0. The highest BCUT2D eigenvalue weighted by Crippen LogP contribution is 2.61. The summed E-state index contributed by atoms with van der Waals surface area (Å²) < 4.78 is 5.18. The largest absolute Gasteiger partial charge is 0.462 e. The quantitative estimate of drug-likeness (QED) is 0.538. The number of esters is 1. The number of hydrogen-bond acceptors (Lipinski definition) is 2. The third kappa shape index (κ3) is 0.815. The van der Waals surface area contributed by atoms with Crippen molar-refractivity contribution in [2.75, 3.05) is 0 Å². The van der Waals surface area contributed by atoms with E-state index in [2.05, 4.69) is 6.92 Å². The Kier molecular flexibility index (Phi) is 1.29. The Morgan fingerprint density at radius 1 is 1.64 bits per heavy atom. The van der Waals surface area contributed by atoms with Gasteiger partial charge in [0, 0.05) is 12.3 Å². The minimum atomic E-state index is -0.124. The molecule has 2 aliphatic rings. The molecule has 0 aromatic rings. The zero-order valence-corrected chi connectivity index (χ0v) is 7.09. The van der Waals surface area contributed by atoms with Crippen LogP contribution in [0.5, 0.6) is 0 Å². The lowest BCUT2D eigenvalue weighted by Gasteiger charge is -2.61. The molecule has 2 aliphatic carbocycles. The minimum Gasteiger partial charge on any atom is -0.462 e. The van der Waals surface area contributed by atoms with Crippen LogP contribution in [0, 0.1) is 11.3 Å². The van der Waals surface area contributed by atoms with Crippen molar-refractivity contribution in [3.05, 3.63) is 0 Å². The van der Waals surface area contributed by atoms with Crippen molar-refractivity contribution in [1.29, 1.82) is 0 Å². The van der Waals surface area contributed by atoms with Crippen LogP contribution in [0.4, 0.5) is 0 Å². The van der Waals surface area contributed by atoms with E-state index in [-0.39, 0.29) is 12.1 Å². The third-order valence-electron chi connectivity index (χ3n) is 3.51. The van der Waals surface area contributed by atoms with Gasteiger partial charge in [-0.15, -0.1) is 0 Å². The molecule has 2 fully saturated rings. The molecule has 0 aromatic carbocycles. The molecule has 0 saturated heterocycles. The van der Waals surface area contributed by atoms with Gasteiger partial charge < -0.3 is 4.74 Å². The van der Waals surface area contributed by atoms with Gasteiger partial charge in [-0.2, -0.15) is 0 Å². The van der Waals surface area contributed by atoms with Crippen LogP contribution >= 0.6 is 0 Å². The van der Waals surface area contributed by atoms with Crippen LogP contribution in [0.2, 0.25) is 0 Å². The Morgan fingerprint density at radius 2 is 2.36 bits per heavy atom. The molecular weight excluding hydrogens is 140 g/mol. The Labute approximate surface area is 66.9 Å². The summed E-state index contributed by atoms with van der Waals surface area (Å²) in [6, 6.07) is 0. The van der Waals surface area contributed by atoms with Crippen LogP contribution < -0.4 is 0 Å². The molecule has 11 heavy (non-hydrogen) atoms. The van der Waals surface area contributed by atoms with E-state index >= 15 is 0 Å². The molecule has 0 spiro atoms. The summed E-state index contributed by atoms with van der Waals surface area (Å²) in [7, 11) is 0. The second-order valence-electron chi connectivity index (χ2n) is 4.08. The van der Waals surface area contributed by atoms with E-state index < -0.39 is 0 Å². The van der Waals surface area contributed by atoms with Gasteiger partial charge in [0.15, 0.2) is 0 Å². The highest BCUT2D eigenvalue weighted by molar-refractivity contribution is 5.66. The molecule has 0 amide bonds. The van der Waals surface area contributed by atoms with Crippen molar-refractivity contribution in [3.63, 3.8) is 0 Å². The fraction of sp³-hybridized carbons (Fsp3) is 0.889. The summed E-state index contributed by atoms with van der Waals surface area (Å²) >= 11 is 0. The zero-order chi connectivity index (χ0) is 8.06. The van der Waals surface area contributed by atoms with Crippen LogP contribution in [0.15, 0.2) is 0 Å². The molecule has 0 aliphatic heterocycles. The summed E-state index contributed by atoms with van der Waals surface area (Å²) in [6.45, 7) is 3.73. The predicted octanol–water partition coefficient (Wildman–Crippen LogP) is 1.74. The SMILES string of the molecule is CC(=O)OC1CC2CCC21C. The van der Waals surface area contributed by atoms with Crippen LogP contribution in [-0.2, 0) is 9.53 Å². The molecule has 0 aromatic heterocycles. The van der Waals surface area contributed by atoms with Crippen molar-refractivity contribution in [3.8, 4) is 0 Å². The number of ether oxygens (including phenoxy) is 1. The van der Waals surface area contributed by atoms with E-state index in [0.717, 1.165) is 12.3 Å². The van der Waals surface area contributed by atoms with E-state index in [1.165, 1.54) is 19.8 Å². The van der Waals surface area contributed by atoms with Gasteiger partial charge in [0.25, 0.3) is 0 Å². The number of rotatable bonds is 1. The number of hydrogen-bond donors (Lipinski definition) is 0. The average Bonchev–Trinajstić information content (AvgIpc) is 1.94. The molecule has 2 nitrogen and oxygen atoms in total. The lowest BCUT2D eigenvalue weighted by atomic mass is 9.47. The summed E-state index contributed by atoms with van der Waals surface area (Å²) in [6.07, 6.45) is 3.93. The smallest absolute Gasteiger partial charge is 0.302 e. The summed E-state index contributed by atoms with van der Waals surface area (Å²) in [5.74, 6) is 0.730. The Morgan fingerprint density at radius 3 is 2.64 bits per heavy atom. The first kappa shape index (κ1) is 7.14. The van der Waals surface area contributed by atoms with Crippen molar-refractivity contribution in [1.82, 2.24) is 0 Å². The summed E-state index contributed by atoms with van der Waals surface area (Å²) in [5.41, 5.74) is 0.367. The molecule has 3 unspecified atom stereocenters. The maximum atomic E-state index is 10.6. The van der Waals surface area contributed by atoms with E-state index in [0.29, 0.717) is 5.41 Å². The van der Waals surface area contributed by atoms with Crippen LogP contribution in [0.3, 0.4) is 0 Å². The maximum Gasteiger partial charge on any atom is 0.302 e. The van der Waals surface area contributed by atoms with Gasteiger partial charge in [-0.1, -0.05) is 6.92 Å². The fourth-order valence-electron chi connectivity index (χ4n) is 2.36. The normalized spacial score (nSPS) is 46.7. The monoisotopic (exact) mass is 154 g/mol. The topological polar surface area (TPSA) is 26.3 Å². The van der Waals surface area contributed by atoms with Gasteiger partial charge in [0.2, 0.25) is 0 Å². The number of fused-ring (bicyclic) bond motifs is 1. The Balaban J connectivity index is 1.93. The van der Waals surface area contributed by atoms with Gasteiger partial charge in [-0.05, 0) is 25.2 Å². The van der Waals surface area contributed by atoms with E-state index in [1.54, 1.807) is 0 Å². The Bertz CT molecular complexity index is 200. The standard InChI is InChI=1S/C9H14O2/c1-6(10)11-8-5-7-3-4-9(7,8)2/h7-8H,3-5H2,1-2H3. The first-order valence-electron chi connectivity index (χ1n) is 4.30. The molecule has 2 heteroatoms. The van der Waals surface area contributed by atoms with Gasteiger partial charge in [-0.25, -0.2) is 0 Å². The molecule has 3 atom stereocenters.